The number of carbonyl (C=O) groups is 2. The molecule has 2 aromatic carbocycles. The fourth-order valence-electron chi connectivity index (χ4n) is 7.17. The van der Waals surface area contributed by atoms with Crippen LogP contribution in [0.15, 0.2) is 93.2 Å². The standard InChI is InChI=1S/C23H27N5O3S.C22H25N5O3S.Li.H2O/c1-16-4-5-17(23(29)31-3)14-19(16)32-22-21-18(24-15-25-22)6-7-20(26-21)28-10-8-27(9-11-28)12-13-30-2;1-15-3-4-16(22(28)29)13-18(15)31-21-20-17(23-14-24-21)5-6-19(25-20)27-9-7-26(8-10-27)11-12-30-2;;/h4-7,14-15H,8-13H2,1-3H3;3-6,13-14H,7-12H2,1-2H3,(H,28,29);;1H2/q;;+1;/p-1. The van der Waals surface area contributed by atoms with E-state index in [1.165, 1.54) is 37.0 Å². The molecule has 6 aromatic rings. The van der Waals surface area contributed by atoms with Crippen LogP contribution >= 0.6 is 23.5 Å². The molecule has 4 aromatic heterocycles. The maximum absolute atomic E-state index is 12.0. The maximum atomic E-state index is 12.0. The first kappa shape index (κ1) is 51.0. The van der Waals surface area contributed by atoms with Crippen LogP contribution in [0.1, 0.15) is 31.8 Å². The number of esters is 1. The molecule has 0 radical (unpaired) electrons. The van der Waals surface area contributed by atoms with E-state index in [2.05, 4.69) is 39.5 Å². The van der Waals surface area contributed by atoms with Crippen molar-refractivity contribution in [3.8, 4) is 0 Å². The average Bonchev–Trinajstić information content (AvgIpc) is 3.31. The van der Waals surface area contributed by atoms with E-state index >= 15 is 0 Å². The van der Waals surface area contributed by atoms with Gasteiger partial charge >= 0.3 is 30.8 Å². The molecular formula is C45H53LiN10O7S2. The van der Waals surface area contributed by atoms with Crippen LogP contribution in [0, 0.1) is 13.8 Å². The third-order valence-electron chi connectivity index (χ3n) is 10.9. The molecule has 8 rings (SSSR count). The third kappa shape index (κ3) is 13.1. The van der Waals surface area contributed by atoms with Crippen molar-refractivity contribution in [2.24, 2.45) is 0 Å². The van der Waals surface area contributed by atoms with Gasteiger partial charge in [0.15, 0.2) is 0 Å². The Hall–Kier alpha value is -4.94. The number of methoxy groups -OCH3 is 3. The number of ether oxygens (including phenoxy) is 3. The molecule has 0 unspecified atom stereocenters. The normalized spacial score (nSPS) is 14.3. The minimum absolute atomic E-state index is 0. The molecule has 17 nitrogen and oxygen atoms in total. The summed E-state index contributed by atoms with van der Waals surface area (Å²) in [6.07, 6.45) is 3.08. The van der Waals surface area contributed by atoms with Gasteiger partial charge in [-0.25, -0.2) is 39.5 Å². The predicted octanol–water partition coefficient (Wildman–Crippen LogP) is 2.82. The van der Waals surface area contributed by atoms with Gasteiger partial charge in [-0.1, -0.05) is 35.7 Å². The van der Waals surface area contributed by atoms with Crippen molar-refractivity contribution in [3.05, 3.63) is 95.6 Å². The first-order valence-corrected chi connectivity index (χ1v) is 22.3. The van der Waals surface area contributed by atoms with Crippen LogP contribution in [0.3, 0.4) is 0 Å². The number of aryl methyl sites for hydroxylation is 2. The molecule has 20 heteroatoms. The molecular weight excluding hydrogens is 864 g/mol. The van der Waals surface area contributed by atoms with E-state index in [0.29, 0.717) is 5.56 Å². The largest absolute Gasteiger partial charge is 1.00 e. The van der Waals surface area contributed by atoms with E-state index in [-0.39, 0.29) is 35.9 Å². The number of piperazine rings is 2. The molecule has 6 heterocycles. The molecule has 338 valence electrons. The first-order valence-electron chi connectivity index (χ1n) is 20.7. The van der Waals surface area contributed by atoms with Gasteiger partial charge in [0.1, 0.15) is 45.4 Å². The summed E-state index contributed by atoms with van der Waals surface area (Å²) in [5.74, 6) is 0.538. The number of hydrogen-bond acceptors (Lipinski definition) is 18. The van der Waals surface area contributed by atoms with E-state index in [1.54, 1.807) is 38.7 Å². The molecule has 0 saturated carbocycles. The minimum Gasteiger partial charge on any atom is -0.870 e. The smallest absolute Gasteiger partial charge is 0.870 e. The van der Waals surface area contributed by atoms with E-state index < -0.39 is 5.97 Å². The fourth-order valence-corrected chi connectivity index (χ4v) is 9.11. The SMILES string of the molecule is COCCN1CCN(c2ccc3ncnc(Sc4cc(C(=O)O)ccc4C)c3n2)CC1.COCCN1CCN(c2ccc3ncnc(Sc4cc(C(=O)OC)ccc4C)c3n2)CC1.[Li+].[OH-]. The zero-order chi connectivity index (χ0) is 44.3. The average molecular weight is 917 g/mol. The number of benzene rings is 2. The second-order valence-corrected chi connectivity index (χ2v) is 17.1. The second-order valence-electron chi connectivity index (χ2n) is 15.0. The molecule has 0 atom stereocenters. The van der Waals surface area contributed by atoms with Gasteiger partial charge in [-0.3, -0.25) is 9.80 Å². The number of nitrogens with zero attached hydrogens (tertiary/aromatic N) is 10. The van der Waals surface area contributed by atoms with E-state index in [1.807, 2.05) is 56.3 Å². The zero-order valence-electron chi connectivity index (χ0n) is 37.6. The summed E-state index contributed by atoms with van der Waals surface area (Å²) in [6.45, 7) is 14.9. The number of fused-ring (bicyclic) bond motifs is 2. The van der Waals surface area contributed by atoms with Crippen LogP contribution in [-0.4, -0.2) is 162 Å². The monoisotopic (exact) mass is 916 g/mol. The minimum atomic E-state index is -0.945. The third-order valence-corrected chi connectivity index (χ3v) is 13.2. The van der Waals surface area contributed by atoms with Gasteiger partial charge in [0.25, 0.3) is 0 Å². The molecule has 2 aliphatic heterocycles. The summed E-state index contributed by atoms with van der Waals surface area (Å²) in [4.78, 5) is 62.0. The van der Waals surface area contributed by atoms with Gasteiger partial charge in [0, 0.05) is 89.5 Å². The van der Waals surface area contributed by atoms with Crippen LogP contribution in [0.25, 0.3) is 22.1 Å². The fraction of sp³-hybridized carbons (Fsp3) is 0.378. The Morgan fingerprint density at radius 1 is 0.615 bits per heavy atom. The van der Waals surface area contributed by atoms with Crippen molar-refractivity contribution in [2.45, 2.75) is 33.7 Å². The summed E-state index contributed by atoms with van der Waals surface area (Å²) >= 11 is 2.91. The molecule has 0 amide bonds. The topological polar surface area (TPSA) is 202 Å². The molecule has 0 aliphatic carbocycles. The van der Waals surface area contributed by atoms with E-state index in [9.17, 15) is 14.7 Å². The van der Waals surface area contributed by atoms with Gasteiger partial charge < -0.3 is 34.6 Å². The van der Waals surface area contributed by atoms with Gasteiger partial charge in [-0.05, 0) is 73.5 Å². The van der Waals surface area contributed by atoms with Crippen molar-refractivity contribution in [2.75, 3.05) is 110 Å². The van der Waals surface area contributed by atoms with Crippen LogP contribution < -0.4 is 28.7 Å². The van der Waals surface area contributed by atoms with E-state index in [0.717, 1.165) is 143 Å². The molecule has 2 N–H and O–H groups in total. The van der Waals surface area contributed by atoms with Crippen molar-refractivity contribution in [3.63, 3.8) is 0 Å². The predicted molar refractivity (Wildman–Crippen MR) is 247 cm³/mol. The number of carboxylic acids is 1. The number of carbonyl (C=O) groups excluding carboxylic acids is 1. The maximum Gasteiger partial charge on any atom is 1.00 e. The molecule has 2 aliphatic rings. The summed E-state index contributed by atoms with van der Waals surface area (Å²) in [5, 5.41) is 10.8. The van der Waals surface area contributed by atoms with Crippen LogP contribution in [-0.2, 0) is 14.2 Å². The zero-order valence-corrected chi connectivity index (χ0v) is 39.3. The number of aromatic carboxylic acids is 1. The van der Waals surface area contributed by atoms with Crippen molar-refractivity contribution >= 4 is 69.2 Å². The van der Waals surface area contributed by atoms with E-state index in [4.69, 9.17) is 24.2 Å². The Bertz CT molecular complexity index is 2550. The van der Waals surface area contributed by atoms with Crippen LogP contribution in [0.4, 0.5) is 11.6 Å². The van der Waals surface area contributed by atoms with Crippen molar-refractivity contribution in [1.82, 2.24) is 39.7 Å². The Labute approximate surface area is 399 Å². The summed E-state index contributed by atoms with van der Waals surface area (Å²) < 4.78 is 15.2. The molecule has 2 saturated heterocycles. The Morgan fingerprint density at radius 2 is 1.05 bits per heavy atom. The number of carboxylic acid groups (broad SMARTS) is 1. The Morgan fingerprint density at radius 3 is 1.46 bits per heavy atom. The number of pyridine rings is 2. The quantitative estimate of drug-likeness (QED) is 0.0949. The second kappa shape index (κ2) is 24.5. The number of anilines is 2. The van der Waals surface area contributed by atoms with Crippen LogP contribution in [0.2, 0.25) is 0 Å². The summed E-state index contributed by atoms with van der Waals surface area (Å²) in [5.41, 5.74) is 5.87. The molecule has 2 fully saturated rings. The number of rotatable bonds is 14. The van der Waals surface area contributed by atoms with Crippen molar-refractivity contribution in [1.29, 1.82) is 0 Å². The molecule has 0 bridgehead atoms. The number of hydrogen-bond donors (Lipinski definition) is 1. The Balaban J connectivity index is 0.000000237. The van der Waals surface area contributed by atoms with Gasteiger partial charge in [0.05, 0.1) is 42.5 Å². The Kier molecular flexibility index (Phi) is 19.3. The number of aromatic nitrogens is 6. The molecule has 0 spiro atoms. The first-order chi connectivity index (χ1) is 30.6. The van der Waals surface area contributed by atoms with Gasteiger partial charge in [-0.15, -0.1) is 0 Å². The van der Waals surface area contributed by atoms with Crippen LogP contribution in [0.5, 0.6) is 0 Å². The van der Waals surface area contributed by atoms with Gasteiger partial charge in [-0.2, -0.15) is 0 Å². The molecule has 65 heavy (non-hydrogen) atoms. The summed E-state index contributed by atoms with van der Waals surface area (Å²) in [7, 11) is 4.85. The summed E-state index contributed by atoms with van der Waals surface area (Å²) in [6, 6.07) is 18.6. The van der Waals surface area contributed by atoms with Gasteiger partial charge in [0.2, 0.25) is 0 Å². The van der Waals surface area contributed by atoms with Crippen molar-refractivity contribution < 1.29 is 53.2 Å².